The second kappa shape index (κ2) is 7.51. The van der Waals surface area contributed by atoms with Crippen molar-refractivity contribution >= 4 is 28.2 Å². The van der Waals surface area contributed by atoms with Crippen LogP contribution in [0.25, 0.3) is 0 Å². The molecule has 1 aromatic carbocycles. The van der Waals surface area contributed by atoms with Crippen molar-refractivity contribution in [3.05, 3.63) is 46.5 Å². The number of aryl methyl sites for hydroxylation is 2. The summed E-state index contributed by atoms with van der Waals surface area (Å²) < 4.78 is 0. The number of nitrogens with zero attached hydrogens (tertiary/aromatic N) is 1. The highest BCUT2D eigenvalue weighted by molar-refractivity contribution is 7.15. The molecule has 0 saturated carbocycles. The van der Waals surface area contributed by atoms with Gasteiger partial charge in [0.1, 0.15) is 0 Å². The number of ketones is 1. The Hall–Kier alpha value is -2.01. The zero-order chi connectivity index (χ0) is 16.1. The Morgan fingerprint density at radius 2 is 1.83 bits per heavy atom. The first-order valence-corrected chi connectivity index (χ1v) is 8.91. The molecule has 3 rings (SSSR count). The number of nitrogens with one attached hydrogen (secondary N) is 1. The summed E-state index contributed by atoms with van der Waals surface area (Å²) in [5, 5.41) is 3.52. The maximum absolute atomic E-state index is 12.0. The van der Waals surface area contributed by atoms with Crippen molar-refractivity contribution in [2.24, 2.45) is 0 Å². The third-order valence-corrected chi connectivity index (χ3v) is 5.09. The van der Waals surface area contributed by atoms with Crippen molar-refractivity contribution in [1.82, 2.24) is 4.98 Å². The third kappa shape index (κ3) is 4.26. The molecule has 0 saturated heterocycles. The number of Topliss-reactive ketones (excluding diaryl/α,β-unsaturated/α-hetero) is 1. The number of amides is 1. The lowest BCUT2D eigenvalue weighted by atomic mass is 10.1. The SMILES string of the molecule is O=C(CCC(=O)c1ccccc1)Nc1nc2c(s1)CCCCC2. The van der Waals surface area contributed by atoms with Gasteiger partial charge in [0.15, 0.2) is 10.9 Å². The predicted octanol–water partition coefficient (Wildman–Crippen LogP) is 4.01. The second-order valence-electron chi connectivity index (χ2n) is 5.79. The molecule has 1 amide bonds. The molecule has 1 N–H and O–H groups in total. The molecule has 0 aliphatic heterocycles. The monoisotopic (exact) mass is 328 g/mol. The van der Waals surface area contributed by atoms with Crippen LogP contribution in [0.4, 0.5) is 5.13 Å². The van der Waals surface area contributed by atoms with Crippen molar-refractivity contribution in [2.75, 3.05) is 5.32 Å². The van der Waals surface area contributed by atoms with E-state index in [1.54, 1.807) is 23.5 Å². The van der Waals surface area contributed by atoms with Gasteiger partial charge < -0.3 is 5.32 Å². The molecule has 1 aliphatic carbocycles. The number of rotatable bonds is 5. The molecule has 0 radical (unpaired) electrons. The number of carbonyl (C=O) groups excluding carboxylic acids is 2. The van der Waals surface area contributed by atoms with Gasteiger partial charge in [-0.15, -0.1) is 11.3 Å². The maximum Gasteiger partial charge on any atom is 0.226 e. The Labute approximate surface area is 140 Å². The number of hydrogen-bond acceptors (Lipinski definition) is 4. The van der Waals surface area contributed by atoms with E-state index in [1.165, 1.54) is 24.1 Å². The molecule has 5 heteroatoms. The summed E-state index contributed by atoms with van der Waals surface area (Å²) in [6.07, 6.45) is 6.12. The first kappa shape index (κ1) is 15.9. The lowest BCUT2D eigenvalue weighted by molar-refractivity contribution is -0.116. The van der Waals surface area contributed by atoms with E-state index in [2.05, 4.69) is 10.3 Å². The van der Waals surface area contributed by atoms with Crippen LogP contribution in [0.3, 0.4) is 0 Å². The van der Waals surface area contributed by atoms with Gasteiger partial charge in [-0.25, -0.2) is 4.98 Å². The van der Waals surface area contributed by atoms with Gasteiger partial charge in [-0.05, 0) is 25.7 Å². The highest BCUT2D eigenvalue weighted by Crippen LogP contribution is 2.29. The van der Waals surface area contributed by atoms with E-state index in [0.29, 0.717) is 10.7 Å². The molecule has 1 aliphatic rings. The van der Waals surface area contributed by atoms with Crippen LogP contribution in [0.15, 0.2) is 30.3 Å². The fraction of sp³-hybridized carbons (Fsp3) is 0.389. The van der Waals surface area contributed by atoms with Crippen LogP contribution >= 0.6 is 11.3 Å². The maximum atomic E-state index is 12.0. The van der Waals surface area contributed by atoms with Gasteiger partial charge >= 0.3 is 0 Å². The Bertz CT molecular complexity index is 671. The number of carbonyl (C=O) groups is 2. The quantitative estimate of drug-likeness (QED) is 0.666. The van der Waals surface area contributed by atoms with E-state index in [-0.39, 0.29) is 24.5 Å². The van der Waals surface area contributed by atoms with Crippen LogP contribution in [0, 0.1) is 0 Å². The van der Waals surface area contributed by atoms with Crippen LogP contribution in [-0.2, 0) is 17.6 Å². The number of thiazole rings is 1. The standard InChI is InChI=1S/C18H20N2O2S/c21-15(13-7-3-1-4-8-13)11-12-17(22)20-18-19-14-9-5-2-6-10-16(14)23-18/h1,3-4,7-8H,2,5-6,9-12H2,(H,19,20,22). The summed E-state index contributed by atoms with van der Waals surface area (Å²) in [6, 6.07) is 9.08. The molecule has 1 aromatic heterocycles. The number of fused-ring (bicyclic) bond motifs is 1. The smallest absolute Gasteiger partial charge is 0.226 e. The topological polar surface area (TPSA) is 59.1 Å². The van der Waals surface area contributed by atoms with E-state index in [4.69, 9.17) is 0 Å². The summed E-state index contributed by atoms with van der Waals surface area (Å²) in [6.45, 7) is 0. The minimum Gasteiger partial charge on any atom is -0.302 e. The van der Waals surface area contributed by atoms with Crippen LogP contribution in [0.2, 0.25) is 0 Å². The largest absolute Gasteiger partial charge is 0.302 e. The Kier molecular flexibility index (Phi) is 5.18. The molecule has 120 valence electrons. The third-order valence-electron chi connectivity index (χ3n) is 4.02. The predicted molar refractivity (Wildman–Crippen MR) is 92.0 cm³/mol. The molecule has 1 heterocycles. The van der Waals surface area contributed by atoms with E-state index in [1.807, 2.05) is 18.2 Å². The van der Waals surface area contributed by atoms with E-state index < -0.39 is 0 Å². The average molecular weight is 328 g/mol. The van der Waals surface area contributed by atoms with E-state index in [9.17, 15) is 9.59 Å². The van der Waals surface area contributed by atoms with E-state index in [0.717, 1.165) is 18.5 Å². The van der Waals surface area contributed by atoms with Crippen molar-refractivity contribution < 1.29 is 9.59 Å². The molecule has 0 spiro atoms. The van der Waals surface area contributed by atoms with Gasteiger partial charge in [0.25, 0.3) is 0 Å². The molecular formula is C18H20N2O2S. The molecule has 2 aromatic rings. The van der Waals surface area contributed by atoms with Crippen LogP contribution < -0.4 is 5.32 Å². The van der Waals surface area contributed by atoms with Gasteiger partial charge in [-0.1, -0.05) is 36.8 Å². The Morgan fingerprint density at radius 3 is 2.65 bits per heavy atom. The Balaban J connectivity index is 1.52. The summed E-state index contributed by atoms with van der Waals surface area (Å²) in [5.74, 6) is -0.145. The van der Waals surface area contributed by atoms with Gasteiger partial charge in [-0.2, -0.15) is 0 Å². The lowest BCUT2D eigenvalue weighted by Crippen LogP contribution is -2.13. The fourth-order valence-electron chi connectivity index (χ4n) is 2.76. The van der Waals surface area contributed by atoms with Gasteiger partial charge in [-0.3, -0.25) is 9.59 Å². The molecule has 0 unspecified atom stereocenters. The van der Waals surface area contributed by atoms with Gasteiger partial charge in [0, 0.05) is 23.3 Å². The molecular weight excluding hydrogens is 308 g/mol. The molecule has 0 fully saturated rings. The minimum atomic E-state index is -0.141. The van der Waals surface area contributed by atoms with Gasteiger partial charge in [0.2, 0.25) is 5.91 Å². The zero-order valence-corrected chi connectivity index (χ0v) is 13.8. The zero-order valence-electron chi connectivity index (χ0n) is 13.0. The second-order valence-corrected chi connectivity index (χ2v) is 6.87. The fourth-order valence-corrected chi connectivity index (χ4v) is 3.83. The lowest BCUT2D eigenvalue weighted by Gasteiger charge is -2.02. The van der Waals surface area contributed by atoms with E-state index >= 15 is 0 Å². The van der Waals surface area contributed by atoms with Crippen molar-refractivity contribution in [2.45, 2.75) is 44.9 Å². The minimum absolute atomic E-state index is 0.00401. The molecule has 0 bridgehead atoms. The number of anilines is 1. The highest BCUT2D eigenvalue weighted by Gasteiger charge is 2.16. The highest BCUT2D eigenvalue weighted by atomic mass is 32.1. The van der Waals surface area contributed by atoms with Crippen molar-refractivity contribution in [3.8, 4) is 0 Å². The number of benzene rings is 1. The molecule has 23 heavy (non-hydrogen) atoms. The first-order chi connectivity index (χ1) is 11.2. The molecule has 0 atom stereocenters. The van der Waals surface area contributed by atoms with Crippen LogP contribution in [-0.4, -0.2) is 16.7 Å². The van der Waals surface area contributed by atoms with Crippen molar-refractivity contribution in [3.63, 3.8) is 0 Å². The first-order valence-electron chi connectivity index (χ1n) is 8.09. The summed E-state index contributed by atoms with van der Waals surface area (Å²) >= 11 is 1.58. The van der Waals surface area contributed by atoms with Crippen molar-refractivity contribution in [1.29, 1.82) is 0 Å². The van der Waals surface area contributed by atoms with Crippen LogP contribution in [0.5, 0.6) is 0 Å². The molecule has 4 nitrogen and oxygen atoms in total. The van der Waals surface area contributed by atoms with Crippen LogP contribution in [0.1, 0.15) is 53.0 Å². The number of hydrogen-bond donors (Lipinski definition) is 1. The summed E-state index contributed by atoms with van der Waals surface area (Å²) in [5.41, 5.74) is 1.80. The average Bonchev–Trinajstić information content (AvgIpc) is 2.81. The number of aromatic nitrogens is 1. The summed E-state index contributed by atoms with van der Waals surface area (Å²) in [4.78, 5) is 29.9. The normalized spacial score (nSPS) is 13.9. The van der Waals surface area contributed by atoms with Gasteiger partial charge in [0.05, 0.1) is 5.69 Å². The Morgan fingerprint density at radius 1 is 1.04 bits per heavy atom. The summed E-state index contributed by atoms with van der Waals surface area (Å²) in [7, 11) is 0.